The maximum atomic E-state index is 11.5. The van der Waals surface area contributed by atoms with Gasteiger partial charge in [0.15, 0.2) is 0 Å². The van der Waals surface area contributed by atoms with Crippen molar-refractivity contribution >= 4 is 5.97 Å². The Morgan fingerprint density at radius 3 is 2.33 bits per heavy atom. The van der Waals surface area contributed by atoms with E-state index in [0.717, 1.165) is 42.4 Å². The zero-order valence-corrected chi connectivity index (χ0v) is 21.7. The summed E-state index contributed by atoms with van der Waals surface area (Å²) in [7, 11) is 3.23. The Kier molecular flexibility index (Phi) is 9.94. The van der Waals surface area contributed by atoms with Gasteiger partial charge in [0, 0.05) is 24.2 Å². The molecule has 1 heterocycles. The van der Waals surface area contributed by atoms with Gasteiger partial charge in [-0.25, -0.2) is 0 Å². The lowest BCUT2D eigenvalue weighted by molar-refractivity contribution is -0.137. The molecule has 0 aliphatic carbocycles. The highest BCUT2D eigenvalue weighted by molar-refractivity contribution is 5.68. The zero-order chi connectivity index (χ0) is 26.1. The van der Waals surface area contributed by atoms with E-state index in [1.807, 2.05) is 55.1 Å². The van der Waals surface area contributed by atoms with Crippen molar-refractivity contribution in [2.24, 2.45) is 5.92 Å². The molecule has 7 nitrogen and oxygen atoms in total. The molecule has 0 aliphatic heterocycles. The van der Waals surface area contributed by atoms with Gasteiger partial charge in [0.2, 0.25) is 0 Å². The molecule has 0 saturated heterocycles. The van der Waals surface area contributed by atoms with Crippen molar-refractivity contribution in [2.45, 2.75) is 64.5 Å². The minimum absolute atomic E-state index is 0.0777. The van der Waals surface area contributed by atoms with E-state index >= 15 is 0 Å². The molecule has 1 aromatic heterocycles. The minimum atomic E-state index is -0.814. The van der Waals surface area contributed by atoms with Crippen molar-refractivity contribution in [2.75, 3.05) is 14.2 Å². The fourth-order valence-electron chi connectivity index (χ4n) is 4.75. The Morgan fingerprint density at radius 2 is 1.75 bits per heavy atom. The predicted octanol–water partition coefficient (Wildman–Crippen LogP) is 5.55. The Hall–Kier alpha value is -3.32. The predicted molar refractivity (Wildman–Crippen MR) is 140 cm³/mol. The lowest BCUT2D eigenvalue weighted by atomic mass is 9.89. The number of carbonyl (C=O) groups is 1. The second-order valence-corrected chi connectivity index (χ2v) is 9.33. The molecule has 2 aromatic carbocycles. The van der Waals surface area contributed by atoms with Crippen LogP contribution in [0.25, 0.3) is 0 Å². The molecule has 3 aromatic rings. The summed E-state index contributed by atoms with van der Waals surface area (Å²) in [5, 5.41) is 25.3. The van der Waals surface area contributed by atoms with Crippen LogP contribution in [0.1, 0.15) is 66.9 Å². The molecule has 0 fully saturated rings. The number of hydrogen-bond acceptors (Lipinski definition) is 5. The first kappa shape index (κ1) is 27.3. The molecule has 0 saturated carbocycles. The summed E-state index contributed by atoms with van der Waals surface area (Å²) >= 11 is 0. The topological polar surface area (TPSA) is 93.8 Å². The Labute approximate surface area is 213 Å². The molecule has 3 atom stereocenters. The molecule has 2 N–H and O–H groups in total. The van der Waals surface area contributed by atoms with E-state index in [0.29, 0.717) is 18.0 Å². The Bertz CT molecular complexity index is 1090. The quantitative estimate of drug-likeness (QED) is 0.305. The number of rotatable bonds is 14. The number of methoxy groups -OCH3 is 2. The van der Waals surface area contributed by atoms with Crippen LogP contribution in [0.4, 0.5) is 0 Å². The molecular weight excluding hydrogens is 456 g/mol. The number of carboxylic acid groups (broad SMARTS) is 1. The van der Waals surface area contributed by atoms with Crippen molar-refractivity contribution in [1.82, 2.24) is 9.78 Å². The summed E-state index contributed by atoms with van der Waals surface area (Å²) in [6.45, 7) is 4.43. The van der Waals surface area contributed by atoms with Gasteiger partial charge in [-0.05, 0) is 67.3 Å². The monoisotopic (exact) mass is 494 g/mol. The number of carboxylic acids is 1. The SMILES string of the molecule is CCC(CC(=O)O)c1cnn(CC(CCCc2ccccc2)C(O)c2cc(OC)c(C)c(OC)c2)c1. The van der Waals surface area contributed by atoms with Crippen LogP contribution in [0.3, 0.4) is 0 Å². The van der Waals surface area contributed by atoms with Gasteiger partial charge >= 0.3 is 5.97 Å². The van der Waals surface area contributed by atoms with Crippen molar-refractivity contribution in [3.05, 3.63) is 77.1 Å². The summed E-state index contributed by atoms with van der Waals surface area (Å²) in [5.74, 6) is 0.340. The zero-order valence-electron chi connectivity index (χ0n) is 21.7. The average Bonchev–Trinajstić information content (AvgIpc) is 3.35. The second-order valence-electron chi connectivity index (χ2n) is 9.33. The summed E-state index contributed by atoms with van der Waals surface area (Å²) in [5.41, 5.74) is 3.81. The van der Waals surface area contributed by atoms with Crippen LogP contribution in [-0.4, -0.2) is 40.2 Å². The fourth-order valence-corrected chi connectivity index (χ4v) is 4.75. The third-order valence-electron chi connectivity index (χ3n) is 6.91. The molecule has 0 aliphatic rings. The van der Waals surface area contributed by atoms with Gasteiger partial charge < -0.3 is 19.7 Å². The highest BCUT2D eigenvalue weighted by Gasteiger charge is 2.25. The molecule has 0 spiro atoms. The summed E-state index contributed by atoms with van der Waals surface area (Å²) < 4.78 is 12.9. The van der Waals surface area contributed by atoms with Crippen LogP contribution < -0.4 is 9.47 Å². The fraction of sp³-hybridized carbons (Fsp3) is 0.448. The van der Waals surface area contributed by atoms with Crippen LogP contribution in [-0.2, 0) is 17.8 Å². The van der Waals surface area contributed by atoms with E-state index < -0.39 is 12.1 Å². The maximum Gasteiger partial charge on any atom is 0.303 e. The number of nitrogens with zero attached hydrogens (tertiary/aromatic N) is 2. The lowest BCUT2D eigenvalue weighted by Crippen LogP contribution is -2.20. The molecule has 7 heteroatoms. The van der Waals surface area contributed by atoms with Crippen LogP contribution >= 0.6 is 0 Å². The number of hydrogen-bond donors (Lipinski definition) is 2. The highest BCUT2D eigenvalue weighted by Crippen LogP contribution is 2.36. The van der Waals surface area contributed by atoms with Gasteiger partial charge in [0.1, 0.15) is 11.5 Å². The molecule has 0 bridgehead atoms. The number of aliphatic hydroxyl groups is 1. The number of aliphatic carboxylic acids is 1. The molecule has 0 radical (unpaired) electrons. The summed E-state index contributed by atoms with van der Waals surface area (Å²) in [4.78, 5) is 11.3. The Balaban J connectivity index is 1.83. The standard InChI is InChI=1S/C29H38N2O5/c1-5-22(16-28(32)33)25-17-30-31(19-25)18-23(13-9-12-21-10-7-6-8-11-21)29(34)24-14-26(35-3)20(2)27(15-24)36-4/h6-8,10-11,14-15,17,19,22-23,29,34H,5,9,12-13,16,18H2,1-4H3,(H,32,33). The van der Waals surface area contributed by atoms with Crippen molar-refractivity contribution in [1.29, 1.82) is 0 Å². The Morgan fingerprint density at radius 1 is 1.08 bits per heavy atom. The lowest BCUT2D eigenvalue weighted by Gasteiger charge is -2.25. The molecule has 36 heavy (non-hydrogen) atoms. The molecule has 0 amide bonds. The number of aryl methyl sites for hydroxylation is 1. The van der Waals surface area contributed by atoms with Crippen LogP contribution in [0, 0.1) is 12.8 Å². The maximum absolute atomic E-state index is 11.5. The first-order valence-electron chi connectivity index (χ1n) is 12.5. The van der Waals surface area contributed by atoms with E-state index in [-0.39, 0.29) is 18.3 Å². The third kappa shape index (κ3) is 7.10. The van der Waals surface area contributed by atoms with Gasteiger partial charge in [0.25, 0.3) is 0 Å². The van der Waals surface area contributed by atoms with E-state index in [1.165, 1.54) is 5.56 Å². The number of benzene rings is 2. The molecule has 3 unspecified atom stereocenters. The van der Waals surface area contributed by atoms with Crippen molar-refractivity contribution in [3.8, 4) is 11.5 Å². The van der Waals surface area contributed by atoms with Gasteiger partial charge in [0.05, 0.1) is 32.9 Å². The van der Waals surface area contributed by atoms with Crippen molar-refractivity contribution < 1.29 is 24.5 Å². The summed E-state index contributed by atoms with van der Waals surface area (Å²) in [6, 6.07) is 14.1. The summed E-state index contributed by atoms with van der Waals surface area (Å²) in [6.07, 6.45) is 6.35. The van der Waals surface area contributed by atoms with E-state index in [9.17, 15) is 15.0 Å². The first-order valence-corrected chi connectivity index (χ1v) is 12.5. The largest absolute Gasteiger partial charge is 0.496 e. The molecule has 3 rings (SSSR count). The average molecular weight is 495 g/mol. The number of aromatic nitrogens is 2. The first-order chi connectivity index (χ1) is 17.4. The normalized spacial score (nSPS) is 13.7. The van der Waals surface area contributed by atoms with Gasteiger partial charge in [-0.1, -0.05) is 37.3 Å². The van der Waals surface area contributed by atoms with Crippen LogP contribution in [0.2, 0.25) is 0 Å². The third-order valence-corrected chi connectivity index (χ3v) is 6.91. The van der Waals surface area contributed by atoms with Gasteiger partial charge in [-0.3, -0.25) is 9.48 Å². The van der Waals surface area contributed by atoms with Gasteiger partial charge in [-0.15, -0.1) is 0 Å². The van der Waals surface area contributed by atoms with E-state index in [1.54, 1.807) is 20.4 Å². The molecular formula is C29H38N2O5. The molecule has 194 valence electrons. The second kappa shape index (κ2) is 13.1. The minimum Gasteiger partial charge on any atom is -0.496 e. The van der Waals surface area contributed by atoms with Crippen LogP contribution in [0.15, 0.2) is 54.9 Å². The van der Waals surface area contributed by atoms with E-state index in [4.69, 9.17) is 9.47 Å². The van der Waals surface area contributed by atoms with Crippen molar-refractivity contribution in [3.63, 3.8) is 0 Å². The highest BCUT2D eigenvalue weighted by atomic mass is 16.5. The van der Waals surface area contributed by atoms with Gasteiger partial charge in [-0.2, -0.15) is 5.10 Å². The number of ether oxygens (including phenoxy) is 2. The van der Waals surface area contributed by atoms with Crippen LogP contribution in [0.5, 0.6) is 11.5 Å². The van der Waals surface area contributed by atoms with E-state index in [2.05, 4.69) is 17.2 Å². The number of aliphatic hydroxyl groups excluding tert-OH is 1. The smallest absolute Gasteiger partial charge is 0.303 e.